The molecule has 92 valence electrons. The van der Waals surface area contributed by atoms with Crippen molar-refractivity contribution in [2.45, 2.75) is 11.3 Å². The Kier molecular flexibility index (Phi) is 5.55. The van der Waals surface area contributed by atoms with E-state index >= 15 is 0 Å². The molecule has 1 rings (SSSR count). The van der Waals surface area contributed by atoms with Gasteiger partial charge in [0.15, 0.2) is 0 Å². The molecule has 0 aromatic heterocycles. The molecule has 0 fully saturated rings. The summed E-state index contributed by atoms with van der Waals surface area (Å²) < 4.78 is 0. The third kappa shape index (κ3) is 4.81. The maximum absolute atomic E-state index is 11.0. The van der Waals surface area contributed by atoms with Gasteiger partial charge in [0, 0.05) is 6.42 Å². The van der Waals surface area contributed by atoms with Gasteiger partial charge in [0.1, 0.15) is 0 Å². The van der Waals surface area contributed by atoms with Gasteiger partial charge in [-0.05, 0) is 23.2 Å². The van der Waals surface area contributed by atoms with Crippen LogP contribution in [-0.4, -0.2) is 16.0 Å². The predicted octanol–water partition coefficient (Wildman–Crippen LogP) is 2.67. The molecule has 0 aliphatic heterocycles. The van der Waals surface area contributed by atoms with Crippen molar-refractivity contribution in [3.63, 3.8) is 0 Å². The van der Waals surface area contributed by atoms with Gasteiger partial charge in [-0.2, -0.15) is 0 Å². The smallest absolute Gasteiger partial charge is 0.340 e. The largest absolute Gasteiger partial charge is 0.364 e. The zero-order valence-electron chi connectivity index (χ0n) is 8.45. The maximum Gasteiger partial charge on any atom is 0.364 e. The Morgan fingerprint density at radius 2 is 1.94 bits per heavy atom. The third-order valence-corrected chi connectivity index (χ3v) is 2.28. The monoisotopic (exact) mass is 295 g/mol. The highest BCUT2D eigenvalue weighted by molar-refractivity contribution is 6.63. The number of carbonyl (C=O) groups is 2. The van der Waals surface area contributed by atoms with Gasteiger partial charge < -0.3 is 4.84 Å². The van der Waals surface area contributed by atoms with Crippen LogP contribution in [0.2, 0.25) is 0 Å². The second kappa shape index (κ2) is 6.69. The lowest BCUT2D eigenvalue weighted by atomic mass is 10.1. The number of halogens is 3. The lowest BCUT2D eigenvalue weighted by Crippen LogP contribution is -2.17. The molecule has 0 amide bonds. The lowest BCUT2D eigenvalue weighted by Gasteiger charge is -2.10. The zero-order valence-corrected chi connectivity index (χ0v) is 10.7. The van der Waals surface area contributed by atoms with Gasteiger partial charge >= 0.3 is 5.97 Å². The number of para-hydroxylation sites is 1. The number of benzene rings is 1. The van der Waals surface area contributed by atoms with Crippen molar-refractivity contribution < 1.29 is 14.4 Å². The van der Waals surface area contributed by atoms with Crippen LogP contribution in [0.1, 0.15) is 5.56 Å². The van der Waals surface area contributed by atoms with Crippen LogP contribution in [0.3, 0.4) is 0 Å². The summed E-state index contributed by atoms with van der Waals surface area (Å²) in [5, 5.41) is -0.516. The quantitative estimate of drug-likeness (QED) is 0.515. The van der Waals surface area contributed by atoms with Gasteiger partial charge in [-0.25, -0.2) is 10.3 Å². The van der Waals surface area contributed by atoms with Crippen molar-refractivity contribution in [1.82, 2.24) is 0 Å². The molecule has 4 nitrogen and oxygen atoms in total. The van der Waals surface area contributed by atoms with Crippen molar-refractivity contribution in [1.29, 1.82) is 0 Å². The number of rotatable bonds is 5. The van der Waals surface area contributed by atoms with Crippen molar-refractivity contribution in [3.8, 4) is 0 Å². The van der Waals surface area contributed by atoms with Gasteiger partial charge in [-0.3, -0.25) is 4.79 Å². The molecule has 0 saturated heterocycles. The van der Waals surface area contributed by atoms with Crippen LogP contribution in [-0.2, 0) is 20.8 Å². The molecule has 0 aliphatic rings. The molecular weight excluding hydrogens is 288 g/mol. The molecule has 0 saturated carbocycles. The highest BCUT2D eigenvalue weighted by Gasteiger charge is 2.14. The average Bonchev–Trinajstić information content (AvgIpc) is 2.26. The van der Waals surface area contributed by atoms with Crippen LogP contribution in [0.5, 0.6) is 0 Å². The van der Waals surface area contributed by atoms with Crippen molar-refractivity contribution in [2.75, 3.05) is 5.48 Å². The first kappa shape index (κ1) is 14.1. The molecule has 0 aliphatic carbocycles. The molecule has 0 atom stereocenters. The van der Waals surface area contributed by atoms with E-state index in [4.69, 9.17) is 34.8 Å². The molecular formula is C10H8Cl3NO3. The fourth-order valence-electron chi connectivity index (χ4n) is 1.07. The maximum atomic E-state index is 11.0. The van der Waals surface area contributed by atoms with E-state index in [1.165, 1.54) is 0 Å². The van der Waals surface area contributed by atoms with E-state index in [0.717, 1.165) is 0 Å². The minimum atomic E-state index is -1.27. The molecule has 0 bridgehead atoms. The van der Waals surface area contributed by atoms with Crippen molar-refractivity contribution >= 4 is 51.7 Å². The summed E-state index contributed by atoms with van der Waals surface area (Å²) in [4.78, 5) is 25.1. The van der Waals surface area contributed by atoms with E-state index in [0.29, 0.717) is 11.3 Å². The van der Waals surface area contributed by atoms with Gasteiger partial charge in [0.2, 0.25) is 10.1 Å². The van der Waals surface area contributed by atoms with Gasteiger partial charge in [0.05, 0.1) is 5.69 Å². The Morgan fingerprint density at radius 3 is 2.53 bits per heavy atom. The molecule has 0 unspecified atom stereocenters. The topological polar surface area (TPSA) is 55.4 Å². The van der Waals surface area contributed by atoms with Crippen LogP contribution < -0.4 is 5.48 Å². The first-order valence-electron chi connectivity index (χ1n) is 4.52. The first-order chi connectivity index (χ1) is 8.00. The fourth-order valence-corrected chi connectivity index (χ4v) is 1.31. The summed E-state index contributed by atoms with van der Waals surface area (Å²) in [6.07, 6.45) is 0.0213. The number of anilines is 1. The molecule has 1 N–H and O–H groups in total. The van der Waals surface area contributed by atoms with E-state index < -0.39 is 16.0 Å². The minimum absolute atomic E-state index is 0.0213. The SMILES string of the molecule is O=C(Cl)Cc1ccccc1NOC(=O)C(Cl)Cl. The molecule has 17 heavy (non-hydrogen) atoms. The standard InChI is InChI=1S/C10H8Cl3NO3/c11-8(15)5-6-3-1-2-4-7(6)14-17-10(16)9(12)13/h1-4,9,14H,5H2. The van der Waals surface area contributed by atoms with Gasteiger partial charge in [-0.1, -0.05) is 41.4 Å². The van der Waals surface area contributed by atoms with Gasteiger partial charge in [-0.15, -0.1) is 0 Å². The molecule has 0 spiro atoms. The fraction of sp³-hybridized carbons (Fsp3) is 0.200. The second-order valence-corrected chi connectivity index (χ2v) is 4.53. The Bertz CT molecular complexity index is 423. The number of alkyl halides is 2. The van der Waals surface area contributed by atoms with Crippen LogP contribution in [0.4, 0.5) is 5.69 Å². The minimum Gasteiger partial charge on any atom is -0.340 e. The summed E-state index contributed by atoms with van der Waals surface area (Å²) in [5.41, 5.74) is 3.42. The summed E-state index contributed by atoms with van der Waals surface area (Å²) in [6.45, 7) is 0. The van der Waals surface area contributed by atoms with Crippen molar-refractivity contribution in [3.05, 3.63) is 29.8 Å². The highest BCUT2D eigenvalue weighted by Crippen LogP contribution is 2.17. The Balaban J connectivity index is 2.70. The average molecular weight is 297 g/mol. The zero-order chi connectivity index (χ0) is 12.8. The summed E-state index contributed by atoms with van der Waals surface area (Å²) in [5.74, 6) is -0.833. The number of hydrogen-bond acceptors (Lipinski definition) is 4. The normalized spacial score (nSPS) is 10.1. The number of hydrogen-bond donors (Lipinski definition) is 1. The molecule has 0 radical (unpaired) electrons. The Morgan fingerprint density at radius 1 is 1.29 bits per heavy atom. The predicted molar refractivity (Wildman–Crippen MR) is 66.2 cm³/mol. The van der Waals surface area contributed by atoms with Crippen LogP contribution in [0.15, 0.2) is 24.3 Å². The van der Waals surface area contributed by atoms with E-state index in [-0.39, 0.29) is 6.42 Å². The van der Waals surface area contributed by atoms with Crippen LogP contribution in [0.25, 0.3) is 0 Å². The van der Waals surface area contributed by atoms with E-state index in [1.807, 2.05) is 0 Å². The molecule has 1 aromatic carbocycles. The first-order valence-corrected chi connectivity index (χ1v) is 5.77. The molecule has 7 heteroatoms. The number of nitrogens with one attached hydrogen (secondary N) is 1. The lowest BCUT2D eigenvalue weighted by molar-refractivity contribution is -0.138. The molecule has 1 aromatic rings. The number of carbonyl (C=O) groups excluding carboxylic acids is 2. The summed E-state index contributed by atoms with van der Waals surface area (Å²) >= 11 is 15.9. The third-order valence-electron chi connectivity index (χ3n) is 1.79. The highest BCUT2D eigenvalue weighted by atomic mass is 35.5. The summed E-state index contributed by atoms with van der Waals surface area (Å²) in [7, 11) is 0. The van der Waals surface area contributed by atoms with E-state index in [2.05, 4.69) is 10.3 Å². The molecule has 0 heterocycles. The Labute approximate surface area is 113 Å². The summed E-state index contributed by atoms with van der Waals surface area (Å²) in [6, 6.07) is 6.74. The van der Waals surface area contributed by atoms with Crippen molar-refractivity contribution in [2.24, 2.45) is 0 Å². The Hall–Kier alpha value is -0.970. The second-order valence-electron chi connectivity index (χ2n) is 3.01. The van der Waals surface area contributed by atoms with Gasteiger partial charge in [0.25, 0.3) is 0 Å². The van der Waals surface area contributed by atoms with E-state index in [9.17, 15) is 9.59 Å². The van der Waals surface area contributed by atoms with Crippen LogP contribution >= 0.6 is 34.8 Å². The van der Waals surface area contributed by atoms with E-state index in [1.54, 1.807) is 24.3 Å². The van der Waals surface area contributed by atoms with Crippen LogP contribution in [0, 0.1) is 0 Å².